The van der Waals surface area contributed by atoms with Crippen molar-refractivity contribution in [2.75, 3.05) is 13.6 Å². The van der Waals surface area contributed by atoms with Crippen LogP contribution in [-0.4, -0.2) is 24.4 Å². The SMILES string of the molecule is Cc1ccc(CN(C)C(=O)CC(C)(C)CN)o1. The molecule has 0 aromatic carbocycles. The minimum absolute atomic E-state index is 0.0921. The van der Waals surface area contributed by atoms with E-state index in [-0.39, 0.29) is 11.3 Å². The van der Waals surface area contributed by atoms with Gasteiger partial charge in [-0.2, -0.15) is 0 Å². The van der Waals surface area contributed by atoms with Crippen LogP contribution in [0, 0.1) is 12.3 Å². The molecule has 0 saturated heterocycles. The van der Waals surface area contributed by atoms with Crippen LogP contribution in [0.3, 0.4) is 0 Å². The molecule has 0 aliphatic rings. The lowest BCUT2D eigenvalue weighted by molar-refractivity contribution is -0.132. The number of nitrogens with zero attached hydrogens (tertiary/aromatic N) is 1. The van der Waals surface area contributed by atoms with Gasteiger partial charge < -0.3 is 15.1 Å². The third-order valence-corrected chi connectivity index (χ3v) is 2.80. The van der Waals surface area contributed by atoms with Gasteiger partial charge in [0.15, 0.2) is 0 Å². The zero-order chi connectivity index (χ0) is 13.1. The molecule has 1 aromatic rings. The van der Waals surface area contributed by atoms with Gasteiger partial charge in [-0.1, -0.05) is 13.8 Å². The second-order valence-corrected chi connectivity index (χ2v) is 5.31. The minimum Gasteiger partial charge on any atom is -0.464 e. The van der Waals surface area contributed by atoms with E-state index in [1.807, 2.05) is 32.9 Å². The Balaban J connectivity index is 2.53. The summed E-state index contributed by atoms with van der Waals surface area (Å²) in [6.07, 6.45) is 0.458. The first-order valence-corrected chi connectivity index (χ1v) is 5.83. The van der Waals surface area contributed by atoms with E-state index in [4.69, 9.17) is 10.2 Å². The molecule has 1 rings (SSSR count). The summed E-state index contributed by atoms with van der Waals surface area (Å²) in [6, 6.07) is 3.80. The number of hydrogen-bond acceptors (Lipinski definition) is 3. The number of rotatable bonds is 5. The van der Waals surface area contributed by atoms with Gasteiger partial charge in [-0.25, -0.2) is 0 Å². The van der Waals surface area contributed by atoms with E-state index in [9.17, 15) is 4.79 Å². The van der Waals surface area contributed by atoms with Crippen LogP contribution in [0.1, 0.15) is 31.8 Å². The lowest BCUT2D eigenvalue weighted by Crippen LogP contribution is -2.34. The van der Waals surface area contributed by atoms with Crippen molar-refractivity contribution in [1.82, 2.24) is 4.90 Å². The van der Waals surface area contributed by atoms with Crippen LogP contribution in [0.2, 0.25) is 0 Å². The number of hydrogen-bond donors (Lipinski definition) is 1. The van der Waals surface area contributed by atoms with Gasteiger partial charge in [0, 0.05) is 13.5 Å². The fourth-order valence-corrected chi connectivity index (χ4v) is 1.51. The molecule has 0 aliphatic carbocycles. The maximum absolute atomic E-state index is 12.0. The largest absolute Gasteiger partial charge is 0.464 e. The average Bonchev–Trinajstić information content (AvgIpc) is 2.63. The highest BCUT2D eigenvalue weighted by atomic mass is 16.3. The fraction of sp³-hybridized carbons (Fsp3) is 0.615. The highest BCUT2D eigenvalue weighted by molar-refractivity contribution is 5.76. The zero-order valence-electron chi connectivity index (χ0n) is 11.1. The summed E-state index contributed by atoms with van der Waals surface area (Å²) in [6.45, 7) is 6.90. The molecule has 4 heteroatoms. The quantitative estimate of drug-likeness (QED) is 0.852. The van der Waals surface area contributed by atoms with Crippen molar-refractivity contribution < 1.29 is 9.21 Å². The molecule has 4 nitrogen and oxygen atoms in total. The molecule has 2 N–H and O–H groups in total. The summed E-state index contributed by atoms with van der Waals surface area (Å²) in [7, 11) is 1.78. The van der Waals surface area contributed by atoms with Crippen molar-refractivity contribution in [3.05, 3.63) is 23.7 Å². The summed E-state index contributed by atoms with van der Waals surface area (Å²) in [5.41, 5.74) is 5.47. The van der Waals surface area contributed by atoms with Gasteiger partial charge in [-0.3, -0.25) is 4.79 Å². The molecular formula is C13H22N2O2. The highest BCUT2D eigenvalue weighted by Crippen LogP contribution is 2.20. The minimum atomic E-state index is -0.148. The number of carbonyl (C=O) groups excluding carboxylic acids is 1. The van der Waals surface area contributed by atoms with E-state index in [1.165, 1.54) is 0 Å². The Morgan fingerprint density at radius 2 is 2.12 bits per heavy atom. The van der Waals surface area contributed by atoms with Gasteiger partial charge in [-0.15, -0.1) is 0 Å². The fourth-order valence-electron chi connectivity index (χ4n) is 1.51. The third kappa shape index (κ3) is 4.23. The molecule has 0 radical (unpaired) electrons. The lowest BCUT2D eigenvalue weighted by atomic mass is 9.89. The summed E-state index contributed by atoms with van der Waals surface area (Å²) in [5, 5.41) is 0. The molecule has 0 bridgehead atoms. The third-order valence-electron chi connectivity index (χ3n) is 2.80. The summed E-state index contributed by atoms with van der Waals surface area (Å²) in [4.78, 5) is 13.6. The van der Waals surface area contributed by atoms with Crippen molar-refractivity contribution in [3.63, 3.8) is 0 Å². The lowest BCUT2D eigenvalue weighted by Gasteiger charge is -2.25. The summed E-state index contributed by atoms with van der Waals surface area (Å²) >= 11 is 0. The molecule has 1 amide bonds. The molecule has 0 saturated carbocycles. The van der Waals surface area contributed by atoms with Gasteiger partial charge in [-0.05, 0) is 31.0 Å². The van der Waals surface area contributed by atoms with Crippen LogP contribution < -0.4 is 5.73 Å². The summed E-state index contributed by atoms with van der Waals surface area (Å²) < 4.78 is 5.44. The molecule has 96 valence electrons. The topological polar surface area (TPSA) is 59.5 Å². The Kier molecular flexibility index (Phi) is 4.34. The van der Waals surface area contributed by atoms with Gasteiger partial charge >= 0.3 is 0 Å². The number of aryl methyl sites for hydroxylation is 1. The van der Waals surface area contributed by atoms with Crippen LogP contribution in [0.15, 0.2) is 16.5 Å². The zero-order valence-corrected chi connectivity index (χ0v) is 11.1. The van der Waals surface area contributed by atoms with E-state index in [0.717, 1.165) is 11.5 Å². The summed E-state index contributed by atoms with van der Waals surface area (Å²) in [5.74, 6) is 1.77. The second kappa shape index (κ2) is 5.36. The molecule has 0 atom stereocenters. The van der Waals surface area contributed by atoms with Gasteiger partial charge in [0.1, 0.15) is 11.5 Å². The van der Waals surface area contributed by atoms with Crippen molar-refractivity contribution in [2.24, 2.45) is 11.1 Å². The van der Waals surface area contributed by atoms with Crippen LogP contribution in [0.25, 0.3) is 0 Å². The molecular weight excluding hydrogens is 216 g/mol. The second-order valence-electron chi connectivity index (χ2n) is 5.31. The first kappa shape index (κ1) is 13.8. The van der Waals surface area contributed by atoms with Crippen molar-refractivity contribution in [1.29, 1.82) is 0 Å². The normalized spacial score (nSPS) is 11.6. The first-order chi connectivity index (χ1) is 7.84. The smallest absolute Gasteiger partial charge is 0.223 e. The van der Waals surface area contributed by atoms with Crippen LogP contribution in [0.4, 0.5) is 0 Å². The van der Waals surface area contributed by atoms with E-state index < -0.39 is 0 Å². The number of carbonyl (C=O) groups is 1. The molecule has 17 heavy (non-hydrogen) atoms. The first-order valence-electron chi connectivity index (χ1n) is 5.83. The number of amides is 1. The van der Waals surface area contributed by atoms with Gasteiger partial charge in [0.05, 0.1) is 6.54 Å². The molecule has 1 heterocycles. The maximum Gasteiger partial charge on any atom is 0.223 e. The molecule has 0 spiro atoms. The van der Waals surface area contributed by atoms with E-state index in [0.29, 0.717) is 19.5 Å². The number of nitrogens with two attached hydrogens (primary N) is 1. The highest BCUT2D eigenvalue weighted by Gasteiger charge is 2.22. The van der Waals surface area contributed by atoms with Gasteiger partial charge in [0.25, 0.3) is 0 Å². The van der Waals surface area contributed by atoms with Crippen molar-refractivity contribution in [2.45, 2.75) is 33.7 Å². The van der Waals surface area contributed by atoms with E-state index in [1.54, 1.807) is 11.9 Å². The molecule has 1 aromatic heterocycles. The Morgan fingerprint density at radius 1 is 1.47 bits per heavy atom. The standard InChI is InChI=1S/C13H22N2O2/c1-10-5-6-11(17-10)8-15(4)12(16)7-13(2,3)9-14/h5-6H,7-9,14H2,1-4H3. The van der Waals surface area contributed by atoms with Crippen LogP contribution >= 0.6 is 0 Å². The number of furan rings is 1. The maximum atomic E-state index is 12.0. The predicted molar refractivity (Wildman–Crippen MR) is 67.4 cm³/mol. The monoisotopic (exact) mass is 238 g/mol. The Hall–Kier alpha value is -1.29. The van der Waals surface area contributed by atoms with Crippen LogP contribution in [-0.2, 0) is 11.3 Å². The predicted octanol–water partition coefficient (Wildman–Crippen LogP) is 1.92. The van der Waals surface area contributed by atoms with E-state index >= 15 is 0 Å². The molecule has 0 unspecified atom stereocenters. The molecule has 0 aliphatic heterocycles. The Labute approximate surface area is 103 Å². The van der Waals surface area contributed by atoms with Crippen LogP contribution in [0.5, 0.6) is 0 Å². The Bertz CT molecular complexity index is 383. The Morgan fingerprint density at radius 3 is 2.59 bits per heavy atom. The van der Waals surface area contributed by atoms with Crippen molar-refractivity contribution >= 4 is 5.91 Å². The van der Waals surface area contributed by atoms with Crippen molar-refractivity contribution in [3.8, 4) is 0 Å². The molecule has 0 fully saturated rings. The van der Waals surface area contributed by atoms with E-state index in [2.05, 4.69) is 0 Å². The average molecular weight is 238 g/mol. The van der Waals surface area contributed by atoms with Gasteiger partial charge in [0.2, 0.25) is 5.91 Å².